The van der Waals surface area contributed by atoms with Crippen LogP contribution in [-0.4, -0.2) is 25.2 Å². The zero-order valence-corrected chi connectivity index (χ0v) is 14.4. The van der Waals surface area contributed by atoms with E-state index in [0.29, 0.717) is 13.2 Å². The summed E-state index contributed by atoms with van der Waals surface area (Å²) >= 11 is 0. The third kappa shape index (κ3) is 3.02. The van der Waals surface area contributed by atoms with E-state index in [9.17, 15) is 4.79 Å². The lowest BCUT2D eigenvalue weighted by Crippen LogP contribution is -2.44. The monoisotopic (exact) mass is 346 g/mol. The van der Waals surface area contributed by atoms with E-state index in [1.165, 1.54) is 16.5 Å². The van der Waals surface area contributed by atoms with Crippen molar-refractivity contribution >= 4 is 34.8 Å². The summed E-state index contributed by atoms with van der Waals surface area (Å²) in [6.45, 7) is 1.40. The van der Waals surface area contributed by atoms with Crippen molar-refractivity contribution < 1.29 is 9.53 Å². The van der Waals surface area contributed by atoms with Gasteiger partial charge in [0.1, 0.15) is 0 Å². The molecule has 0 bridgehead atoms. The number of hydrogen-bond donors (Lipinski definition) is 2. The number of nitrogens with one attached hydrogen (secondary N) is 1. The first-order valence-electron chi connectivity index (χ1n) is 8.42. The molecule has 1 fully saturated rings. The summed E-state index contributed by atoms with van der Waals surface area (Å²) in [6, 6.07) is 10.0. The molecule has 2 aliphatic rings. The lowest BCUT2D eigenvalue weighted by Gasteiger charge is -2.27. The highest BCUT2D eigenvalue weighted by molar-refractivity contribution is 6.06. The first-order valence-corrected chi connectivity index (χ1v) is 8.42. The van der Waals surface area contributed by atoms with E-state index in [0.717, 1.165) is 36.8 Å². The van der Waals surface area contributed by atoms with Gasteiger partial charge in [-0.1, -0.05) is 24.3 Å². The molecule has 128 valence electrons. The molecular weight excluding hydrogens is 324 g/mol. The van der Waals surface area contributed by atoms with Crippen LogP contribution in [0.15, 0.2) is 30.3 Å². The van der Waals surface area contributed by atoms with Gasteiger partial charge in [-0.05, 0) is 54.2 Å². The summed E-state index contributed by atoms with van der Waals surface area (Å²) < 4.78 is 5.35. The molecule has 24 heavy (non-hydrogen) atoms. The minimum absolute atomic E-state index is 0. The van der Waals surface area contributed by atoms with E-state index in [-0.39, 0.29) is 24.2 Å². The van der Waals surface area contributed by atoms with E-state index in [2.05, 4.69) is 29.6 Å². The molecule has 1 heterocycles. The van der Waals surface area contributed by atoms with Gasteiger partial charge in [0.2, 0.25) is 5.91 Å². The molecule has 0 spiro atoms. The largest absolute Gasteiger partial charge is 0.381 e. The SMILES string of the molecule is Cl.NC(C(=O)Nc1ccc2c3c(cccc13)CC2)C1CCOCC1. The van der Waals surface area contributed by atoms with Crippen molar-refractivity contribution in [1.29, 1.82) is 0 Å². The summed E-state index contributed by atoms with van der Waals surface area (Å²) in [5.74, 6) is 0.121. The van der Waals surface area contributed by atoms with Gasteiger partial charge >= 0.3 is 0 Å². The van der Waals surface area contributed by atoms with Gasteiger partial charge < -0.3 is 15.8 Å². The maximum Gasteiger partial charge on any atom is 0.241 e. The van der Waals surface area contributed by atoms with Crippen LogP contribution in [0.2, 0.25) is 0 Å². The highest BCUT2D eigenvalue weighted by Crippen LogP contribution is 2.35. The number of anilines is 1. The van der Waals surface area contributed by atoms with Crippen LogP contribution < -0.4 is 11.1 Å². The summed E-state index contributed by atoms with van der Waals surface area (Å²) in [6.07, 6.45) is 3.90. The highest BCUT2D eigenvalue weighted by atomic mass is 35.5. The van der Waals surface area contributed by atoms with Crippen LogP contribution in [0.5, 0.6) is 0 Å². The van der Waals surface area contributed by atoms with Crippen LogP contribution in [0.4, 0.5) is 5.69 Å². The third-order valence-electron chi connectivity index (χ3n) is 5.21. The van der Waals surface area contributed by atoms with E-state index in [1.54, 1.807) is 0 Å². The number of ether oxygens (including phenoxy) is 1. The molecule has 1 aliphatic heterocycles. The first-order chi connectivity index (χ1) is 11.2. The van der Waals surface area contributed by atoms with Gasteiger partial charge in [0, 0.05) is 24.3 Å². The van der Waals surface area contributed by atoms with Crippen LogP contribution in [0.3, 0.4) is 0 Å². The summed E-state index contributed by atoms with van der Waals surface area (Å²) in [4.78, 5) is 12.6. The number of hydrogen-bond acceptors (Lipinski definition) is 3. The van der Waals surface area contributed by atoms with Crippen molar-refractivity contribution in [2.24, 2.45) is 11.7 Å². The lowest BCUT2D eigenvalue weighted by molar-refractivity contribution is -0.119. The predicted octanol–water partition coefficient (Wildman–Crippen LogP) is 3.05. The third-order valence-corrected chi connectivity index (χ3v) is 5.21. The van der Waals surface area contributed by atoms with Gasteiger partial charge in [0.05, 0.1) is 6.04 Å². The Balaban J connectivity index is 0.00000169. The van der Waals surface area contributed by atoms with Crippen molar-refractivity contribution in [2.75, 3.05) is 18.5 Å². The Morgan fingerprint density at radius 2 is 1.83 bits per heavy atom. The molecule has 4 nitrogen and oxygen atoms in total. The van der Waals surface area contributed by atoms with Crippen molar-refractivity contribution in [3.63, 3.8) is 0 Å². The van der Waals surface area contributed by atoms with Crippen LogP contribution in [0.25, 0.3) is 10.8 Å². The maximum absolute atomic E-state index is 12.6. The molecule has 0 saturated carbocycles. The molecule has 1 unspecified atom stereocenters. The molecular formula is C19H23ClN2O2. The minimum Gasteiger partial charge on any atom is -0.381 e. The smallest absolute Gasteiger partial charge is 0.241 e. The van der Waals surface area contributed by atoms with Gasteiger partial charge in [0.25, 0.3) is 0 Å². The molecule has 2 aromatic carbocycles. The minimum atomic E-state index is -0.470. The van der Waals surface area contributed by atoms with E-state index < -0.39 is 6.04 Å². The number of benzene rings is 2. The van der Waals surface area contributed by atoms with Gasteiger partial charge in [-0.3, -0.25) is 4.79 Å². The lowest BCUT2D eigenvalue weighted by atomic mass is 9.91. The van der Waals surface area contributed by atoms with Crippen LogP contribution >= 0.6 is 12.4 Å². The maximum atomic E-state index is 12.6. The van der Waals surface area contributed by atoms with Gasteiger partial charge in [-0.25, -0.2) is 0 Å². The molecule has 4 rings (SSSR count). The normalized spacial score (nSPS) is 18.2. The first kappa shape index (κ1) is 17.2. The molecule has 2 aromatic rings. The van der Waals surface area contributed by atoms with Gasteiger partial charge in [0.15, 0.2) is 0 Å². The second-order valence-corrected chi connectivity index (χ2v) is 6.58. The van der Waals surface area contributed by atoms with Gasteiger partial charge in [-0.2, -0.15) is 0 Å². The Morgan fingerprint density at radius 3 is 2.58 bits per heavy atom. The van der Waals surface area contributed by atoms with Crippen molar-refractivity contribution in [3.05, 3.63) is 41.5 Å². The number of nitrogens with two attached hydrogens (primary N) is 1. The molecule has 1 amide bonds. The number of carbonyl (C=O) groups excluding carboxylic acids is 1. The number of amides is 1. The second kappa shape index (κ2) is 7.09. The van der Waals surface area contributed by atoms with Crippen molar-refractivity contribution in [3.8, 4) is 0 Å². The fraction of sp³-hybridized carbons (Fsp3) is 0.421. The van der Waals surface area contributed by atoms with Crippen LogP contribution in [-0.2, 0) is 22.4 Å². The Kier molecular flexibility index (Phi) is 5.09. The zero-order chi connectivity index (χ0) is 15.8. The Morgan fingerprint density at radius 1 is 1.12 bits per heavy atom. The number of halogens is 1. The fourth-order valence-corrected chi connectivity index (χ4v) is 3.86. The second-order valence-electron chi connectivity index (χ2n) is 6.58. The Bertz CT molecular complexity index is 746. The quantitative estimate of drug-likeness (QED) is 0.897. The standard InChI is InChI=1S/C19H22N2O2.ClH/c20-18(14-8-10-23-11-9-14)19(22)21-16-7-6-13-5-4-12-2-1-3-15(16)17(12)13;/h1-3,6-7,14,18H,4-5,8-11,20H2,(H,21,22);1H. The molecule has 1 atom stereocenters. The fourth-order valence-electron chi connectivity index (χ4n) is 3.86. The molecule has 1 saturated heterocycles. The highest BCUT2D eigenvalue weighted by Gasteiger charge is 2.27. The van der Waals surface area contributed by atoms with E-state index in [1.807, 2.05) is 6.07 Å². The molecule has 3 N–H and O–H groups in total. The summed E-state index contributed by atoms with van der Waals surface area (Å²) in [7, 11) is 0. The van der Waals surface area contributed by atoms with Crippen molar-refractivity contribution in [2.45, 2.75) is 31.7 Å². The number of aryl methyl sites for hydroxylation is 2. The van der Waals surface area contributed by atoms with Crippen LogP contribution in [0.1, 0.15) is 24.0 Å². The number of carbonyl (C=O) groups is 1. The molecule has 1 aliphatic carbocycles. The zero-order valence-electron chi connectivity index (χ0n) is 13.6. The van der Waals surface area contributed by atoms with Crippen LogP contribution in [0, 0.1) is 5.92 Å². The number of rotatable bonds is 3. The average molecular weight is 347 g/mol. The molecule has 5 heteroatoms. The topological polar surface area (TPSA) is 64.4 Å². The molecule has 0 radical (unpaired) electrons. The Labute approximate surface area is 148 Å². The van der Waals surface area contributed by atoms with Gasteiger partial charge in [-0.15, -0.1) is 12.4 Å². The van der Waals surface area contributed by atoms with E-state index >= 15 is 0 Å². The average Bonchev–Trinajstić information content (AvgIpc) is 3.02. The molecule has 0 aromatic heterocycles. The van der Waals surface area contributed by atoms with Crippen molar-refractivity contribution in [1.82, 2.24) is 0 Å². The van der Waals surface area contributed by atoms with E-state index in [4.69, 9.17) is 10.5 Å². The predicted molar refractivity (Wildman–Crippen MR) is 98.8 cm³/mol. The summed E-state index contributed by atoms with van der Waals surface area (Å²) in [5.41, 5.74) is 9.82. The Hall–Kier alpha value is -1.62. The summed E-state index contributed by atoms with van der Waals surface area (Å²) in [5, 5.41) is 5.50.